The van der Waals surface area contributed by atoms with Crippen LogP contribution in [0.4, 0.5) is 0 Å². The zero-order valence-electron chi connectivity index (χ0n) is 11.6. The molecule has 1 aromatic carbocycles. The lowest BCUT2D eigenvalue weighted by Gasteiger charge is -2.15. The smallest absolute Gasteiger partial charge is 0.217 e. The number of hydrogen-bond donors (Lipinski definition) is 1. The summed E-state index contributed by atoms with van der Waals surface area (Å²) in [4.78, 5) is 4.17. The Morgan fingerprint density at radius 1 is 1.30 bits per heavy atom. The van der Waals surface area contributed by atoms with E-state index in [1.807, 2.05) is 36.4 Å². The fourth-order valence-electron chi connectivity index (χ4n) is 1.97. The average Bonchev–Trinajstić information content (AvgIpc) is 2.53. The van der Waals surface area contributed by atoms with E-state index in [9.17, 15) is 0 Å². The zero-order chi connectivity index (χ0) is 14.4. The van der Waals surface area contributed by atoms with E-state index in [0.29, 0.717) is 18.0 Å². The lowest BCUT2D eigenvalue weighted by Crippen LogP contribution is -2.18. The third kappa shape index (κ3) is 3.34. The van der Waals surface area contributed by atoms with Gasteiger partial charge in [0.25, 0.3) is 0 Å². The number of pyridine rings is 1. The Kier molecular flexibility index (Phi) is 4.70. The van der Waals surface area contributed by atoms with Crippen LogP contribution in [-0.2, 0) is 6.54 Å². The normalized spacial score (nSPS) is 11.7. The van der Waals surface area contributed by atoms with Crippen LogP contribution >= 0.6 is 0 Å². The van der Waals surface area contributed by atoms with Gasteiger partial charge in [-0.05, 0) is 30.7 Å². The molecule has 20 heavy (non-hydrogen) atoms. The van der Waals surface area contributed by atoms with Crippen molar-refractivity contribution in [3.05, 3.63) is 59.3 Å². The van der Waals surface area contributed by atoms with E-state index in [1.165, 1.54) is 0 Å². The number of methoxy groups -OCH3 is 1. The minimum atomic E-state index is 0.188. The SMILES string of the molecule is COc1ncccc1CNC(C)c1ccc(C#N)cc1. The highest BCUT2D eigenvalue weighted by molar-refractivity contribution is 5.33. The number of nitrogens with zero attached hydrogens (tertiary/aromatic N) is 2. The third-order valence-corrected chi connectivity index (χ3v) is 3.18. The Hall–Kier alpha value is -2.38. The van der Waals surface area contributed by atoms with Gasteiger partial charge in [0.2, 0.25) is 5.88 Å². The van der Waals surface area contributed by atoms with Gasteiger partial charge in [0.1, 0.15) is 0 Å². The van der Waals surface area contributed by atoms with Crippen LogP contribution in [0.1, 0.15) is 29.7 Å². The second-order valence-electron chi connectivity index (χ2n) is 4.51. The largest absolute Gasteiger partial charge is 0.481 e. The van der Waals surface area contributed by atoms with Crippen LogP contribution in [0.2, 0.25) is 0 Å². The topological polar surface area (TPSA) is 57.9 Å². The highest BCUT2D eigenvalue weighted by atomic mass is 16.5. The van der Waals surface area contributed by atoms with Gasteiger partial charge in [0.15, 0.2) is 0 Å². The van der Waals surface area contributed by atoms with Gasteiger partial charge in [-0.15, -0.1) is 0 Å². The predicted molar refractivity (Wildman–Crippen MR) is 77.2 cm³/mol. The molecule has 0 saturated heterocycles. The Bertz CT molecular complexity index is 602. The van der Waals surface area contributed by atoms with Crippen LogP contribution in [0.5, 0.6) is 5.88 Å². The summed E-state index contributed by atoms with van der Waals surface area (Å²) >= 11 is 0. The van der Waals surface area contributed by atoms with Crippen LogP contribution < -0.4 is 10.1 Å². The summed E-state index contributed by atoms with van der Waals surface area (Å²) in [7, 11) is 1.62. The van der Waals surface area contributed by atoms with Crippen molar-refractivity contribution in [1.29, 1.82) is 5.26 Å². The minimum Gasteiger partial charge on any atom is -0.481 e. The van der Waals surface area contributed by atoms with Crippen LogP contribution in [0.15, 0.2) is 42.6 Å². The van der Waals surface area contributed by atoms with Gasteiger partial charge in [-0.3, -0.25) is 0 Å². The standard InChI is InChI=1S/C16H17N3O/c1-12(14-7-5-13(10-17)6-8-14)19-11-15-4-3-9-18-16(15)20-2/h3-9,12,19H,11H2,1-2H3. The van der Waals surface area contributed by atoms with E-state index >= 15 is 0 Å². The number of ether oxygens (including phenoxy) is 1. The molecular formula is C16H17N3O. The quantitative estimate of drug-likeness (QED) is 0.905. The molecule has 0 radical (unpaired) electrons. The molecule has 0 fully saturated rings. The molecular weight excluding hydrogens is 250 g/mol. The van der Waals surface area contributed by atoms with Crippen molar-refractivity contribution in [2.45, 2.75) is 19.5 Å². The lowest BCUT2D eigenvalue weighted by molar-refractivity contribution is 0.389. The van der Waals surface area contributed by atoms with E-state index in [4.69, 9.17) is 10.00 Å². The maximum Gasteiger partial charge on any atom is 0.217 e. The van der Waals surface area contributed by atoms with Crippen molar-refractivity contribution in [3.8, 4) is 11.9 Å². The van der Waals surface area contributed by atoms with Crippen LogP contribution in [0, 0.1) is 11.3 Å². The number of nitrogens with one attached hydrogen (secondary N) is 1. The van der Waals surface area contributed by atoms with Gasteiger partial charge < -0.3 is 10.1 Å². The summed E-state index contributed by atoms with van der Waals surface area (Å²) in [6.07, 6.45) is 1.71. The molecule has 2 aromatic rings. The highest BCUT2D eigenvalue weighted by Crippen LogP contribution is 2.17. The zero-order valence-corrected chi connectivity index (χ0v) is 11.6. The lowest BCUT2D eigenvalue weighted by atomic mass is 10.1. The first-order valence-electron chi connectivity index (χ1n) is 6.46. The van der Waals surface area contributed by atoms with Gasteiger partial charge >= 0.3 is 0 Å². The molecule has 2 rings (SSSR count). The number of nitriles is 1. The molecule has 0 aliphatic carbocycles. The summed E-state index contributed by atoms with van der Waals surface area (Å²) in [5, 5.41) is 12.2. The molecule has 0 amide bonds. The molecule has 1 N–H and O–H groups in total. The molecule has 0 aliphatic heterocycles. The van der Waals surface area contributed by atoms with Crippen LogP contribution in [0.25, 0.3) is 0 Å². The average molecular weight is 267 g/mol. The first-order chi connectivity index (χ1) is 9.74. The Balaban J connectivity index is 2.01. The Morgan fingerprint density at radius 2 is 2.05 bits per heavy atom. The van der Waals surface area contributed by atoms with Crippen molar-refractivity contribution < 1.29 is 4.74 Å². The molecule has 1 heterocycles. The summed E-state index contributed by atoms with van der Waals surface area (Å²) in [6.45, 7) is 2.77. The second kappa shape index (κ2) is 6.69. The molecule has 0 saturated carbocycles. The summed E-state index contributed by atoms with van der Waals surface area (Å²) < 4.78 is 5.23. The van der Waals surface area contributed by atoms with Crippen molar-refractivity contribution >= 4 is 0 Å². The third-order valence-electron chi connectivity index (χ3n) is 3.18. The van der Waals surface area contributed by atoms with Gasteiger partial charge in [0.05, 0.1) is 18.7 Å². The number of aromatic nitrogens is 1. The molecule has 0 aliphatic rings. The molecule has 1 aromatic heterocycles. The van der Waals surface area contributed by atoms with E-state index < -0.39 is 0 Å². The number of benzene rings is 1. The van der Waals surface area contributed by atoms with E-state index in [1.54, 1.807) is 13.3 Å². The molecule has 1 unspecified atom stereocenters. The minimum absolute atomic E-state index is 0.188. The van der Waals surface area contributed by atoms with E-state index in [0.717, 1.165) is 11.1 Å². The molecule has 4 heteroatoms. The van der Waals surface area contributed by atoms with Crippen molar-refractivity contribution in [3.63, 3.8) is 0 Å². The Morgan fingerprint density at radius 3 is 2.70 bits per heavy atom. The summed E-state index contributed by atoms with van der Waals surface area (Å²) in [6, 6.07) is 13.8. The number of hydrogen-bond acceptors (Lipinski definition) is 4. The second-order valence-corrected chi connectivity index (χ2v) is 4.51. The molecule has 0 spiro atoms. The highest BCUT2D eigenvalue weighted by Gasteiger charge is 2.07. The van der Waals surface area contributed by atoms with Crippen molar-refractivity contribution in [1.82, 2.24) is 10.3 Å². The Labute approximate surface area is 119 Å². The van der Waals surface area contributed by atoms with Crippen LogP contribution in [-0.4, -0.2) is 12.1 Å². The van der Waals surface area contributed by atoms with E-state index in [2.05, 4.69) is 23.3 Å². The van der Waals surface area contributed by atoms with Crippen LogP contribution in [0.3, 0.4) is 0 Å². The maximum absolute atomic E-state index is 8.79. The fourth-order valence-corrected chi connectivity index (χ4v) is 1.97. The fraction of sp³-hybridized carbons (Fsp3) is 0.250. The first kappa shape index (κ1) is 14.0. The van der Waals surface area contributed by atoms with Crippen molar-refractivity contribution in [2.24, 2.45) is 0 Å². The van der Waals surface area contributed by atoms with Crippen molar-refractivity contribution in [2.75, 3.05) is 7.11 Å². The number of rotatable bonds is 5. The first-order valence-corrected chi connectivity index (χ1v) is 6.46. The summed E-state index contributed by atoms with van der Waals surface area (Å²) in [5.41, 5.74) is 2.84. The van der Waals surface area contributed by atoms with Gasteiger partial charge in [0, 0.05) is 24.3 Å². The van der Waals surface area contributed by atoms with Gasteiger partial charge in [-0.25, -0.2) is 4.98 Å². The molecule has 1 atom stereocenters. The monoisotopic (exact) mass is 267 g/mol. The maximum atomic E-state index is 8.79. The summed E-state index contributed by atoms with van der Waals surface area (Å²) in [5.74, 6) is 0.645. The molecule has 4 nitrogen and oxygen atoms in total. The predicted octanol–water partition coefficient (Wildman–Crippen LogP) is 2.81. The molecule has 102 valence electrons. The van der Waals surface area contributed by atoms with Gasteiger partial charge in [-0.1, -0.05) is 18.2 Å². The van der Waals surface area contributed by atoms with E-state index in [-0.39, 0.29) is 6.04 Å². The molecule has 0 bridgehead atoms. The van der Waals surface area contributed by atoms with Gasteiger partial charge in [-0.2, -0.15) is 5.26 Å².